The normalized spacial score (nSPS) is 11.8. The molecule has 2 aromatic rings. The van der Waals surface area contributed by atoms with E-state index in [1.54, 1.807) is 19.1 Å². The van der Waals surface area contributed by atoms with Crippen LogP contribution < -0.4 is 5.32 Å². The second-order valence-electron chi connectivity index (χ2n) is 4.70. The fraction of sp³-hybridized carbons (Fsp3) is 0.357. The zero-order valence-electron chi connectivity index (χ0n) is 11.0. The summed E-state index contributed by atoms with van der Waals surface area (Å²) < 4.78 is 13.9. The number of carbonyl (C=O) groups excluding carboxylic acids is 1. The van der Waals surface area contributed by atoms with E-state index in [-0.39, 0.29) is 24.9 Å². The Morgan fingerprint density at radius 2 is 2.05 bits per heavy atom. The lowest BCUT2D eigenvalue weighted by atomic mass is 9.98. The number of carbonyl (C=O) groups is 1. The largest absolute Gasteiger partial charge is 0.394 e. The number of nitrogens with one attached hydrogen (secondary N) is 1. The Morgan fingerprint density at radius 1 is 1.35 bits per heavy atom. The Morgan fingerprint density at radius 3 is 2.65 bits per heavy atom. The molecular weight excluding hydrogens is 281 g/mol. The maximum atomic E-state index is 13.1. The lowest BCUT2D eigenvalue weighted by Crippen LogP contribution is -2.53. The van der Waals surface area contributed by atoms with Gasteiger partial charge in [0.05, 0.1) is 23.6 Å². The highest BCUT2D eigenvalue weighted by Crippen LogP contribution is 2.26. The SMILES string of the molecule is CCC(CO)(CO)NC(=O)c1cc2cc(F)ccc2s1. The Hall–Kier alpha value is -1.50. The molecule has 6 heteroatoms. The molecule has 2 rings (SSSR count). The molecule has 0 unspecified atom stereocenters. The third-order valence-corrected chi connectivity index (χ3v) is 4.48. The average molecular weight is 297 g/mol. The fourth-order valence-electron chi connectivity index (χ4n) is 1.87. The van der Waals surface area contributed by atoms with Gasteiger partial charge in [0, 0.05) is 4.70 Å². The first-order chi connectivity index (χ1) is 9.53. The number of amides is 1. The number of rotatable bonds is 5. The van der Waals surface area contributed by atoms with Gasteiger partial charge in [0.25, 0.3) is 5.91 Å². The fourth-order valence-corrected chi connectivity index (χ4v) is 2.81. The lowest BCUT2D eigenvalue weighted by molar-refractivity contribution is 0.0656. The van der Waals surface area contributed by atoms with Crippen molar-refractivity contribution >= 4 is 27.3 Å². The lowest BCUT2D eigenvalue weighted by Gasteiger charge is -2.29. The van der Waals surface area contributed by atoms with Gasteiger partial charge in [-0.3, -0.25) is 4.79 Å². The number of benzene rings is 1. The molecule has 0 aliphatic rings. The number of aliphatic hydroxyl groups excluding tert-OH is 2. The first-order valence-electron chi connectivity index (χ1n) is 6.27. The predicted octanol–water partition coefficient (Wildman–Crippen LogP) is 1.90. The molecule has 0 fully saturated rings. The first-order valence-corrected chi connectivity index (χ1v) is 7.08. The minimum absolute atomic E-state index is 0.342. The number of hydrogen-bond donors (Lipinski definition) is 3. The molecule has 0 saturated heterocycles. The Labute approximate surface area is 119 Å². The van der Waals surface area contributed by atoms with E-state index in [1.165, 1.54) is 23.5 Å². The zero-order chi connectivity index (χ0) is 14.8. The van der Waals surface area contributed by atoms with Crippen molar-refractivity contribution in [2.75, 3.05) is 13.2 Å². The summed E-state index contributed by atoms with van der Waals surface area (Å²) >= 11 is 1.24. The van der Waals surface area contributed by atoms with Crippen molar-refractivity contribution in [3.05, 3.63) is 35.0 Å². The quantitative estimate of drug-likeness (QED) is 0.789. The van der Waals surface area contributed by atoms with Crippen molar-refractivity contribution in [3.63, 3.8) is 0 Å². The molecule has 1 aromatic heterocycles. The summed E-state index contributed by atoms with van der Waals surface area (Å²) in [5.74, 6) is -0.729. The van der Waals surface area contributed by atoms with Gasteiger partial charge in [-0.25, -0.2) is 4.39 Å². The summed E-state index contributed by atoms with van der Waals surface area (Å²) in [5, 5.41) is 22.0. The van der Waals surface area contributed by atoms with Crippen molar-refractivity contribution in [2.24, 2.45) is 0 Å². The summed E-state index contributed by atoms with van der Waals surface area (Å²) in [6, 6.07) is 5.94. The third kappa shape index (κ3) is 2.82. The van der Waals surface area contributed by atoms with Gasteiger partial charge in [-0.15, -0.1) is 11.3 Å². The molecular formula is C14H16FNO3S. The van der Waals surface area contributed by atoms with Crippen LogP contribution in [0.5, 0.6) is 0 Å². The van der Waals surface area contributed by atoms with Crippen molar-refractivity contribution in [1.29, 1.82) is 0 Å². The highest BCUT2D eigenvalue weighted by Gasteiger charge is 2.29. The number of aliphatic hydroxyl groups is 2. The highest BCUT2D eigenvalue weighted by atomic mass is 32.1. The topological polar surface area (TPSA) is 69.6 Å². The van der Waals surface area contributed by atoms with Gasteiger partial charge in [0.2, 0.25) is 0 Å². The molecule has 108 valence electrons. The molecule has 3 N–H and O–H groups in total. The molecule has 1 aromatic carbocycles. The van der Waals surface area contributed by atoms with E-state index >= 15 is 0 Å². The van der Waals surface area contributed by atoms with E-state index < -0.39 is 5.54 Å². The monoisotopic (exact) mass is 297 g/mol. The minimum atomic E-state index is -1.03. The van der Waals surface area contributed by atoms with E-state index in [0.29, 0.717) is 16.7 Å². The molecule has 0 saturated carbocycles. The number of thiophene rings is 1. The smallest absolute Gasteiger partial charge is 0.261 e. The Balaban J connectivity index is 2.27. The maximum Gasteiger partial charge on any atom is 0.261 e. The van der Waals surface area contributed by atoms with Gasteiger partial charge >= 0.3 is 0 Å². The van der Waals surface area contributed by atoms with E-state index in [0.717, 1.165) is 4.70 Å². The zero-order valence-corrected chi connectivity index (χ0v) is 11.8. The maximum absolute atomic E-state index is 13.1. The van der Waals surface area contributed by atoms with Crippen molar-refractivity contribution < 1.29 is 19.4 Å². The molecule has 0 atom stereocenters. The standard InChI is InChI=1S/C14H16FNO3S/c1-2-14(7-17,8-18)16-13(19)12-6-9-5-10(15)3-4-11(9)20-12/h3-6,17-18H,2,7-8H2,1H3,(H,16,19). The molecule has 0 aliphatic carbocycles. The van der Waals surface area contributed by atoms with Crippen LogP contribution in [-0.4, -0.2) is 34.9 Å². The average Bonchev–Trinajstić information content (AvgIpc) is 2.88. The minimum Gasteiger partial charge on any atom is -0.394 e. The van der Waals surface area contributed by atoms with Crippen LogP contribution in [0.2, 0.25) is 0 Å². The van der Waals surface area contributed by atoms with Crippen LogP contribution in [0, 0.1) is 5.82 Å². The van der Waals surface area contributed by atoms with Gasteiger partial charge in [-0.05, 0) is 36.1 Å². The summed E-state index contributed by atoms with van der Waals surface area (Å²) in [6.45, 7) is 1.09. The predicted molar refractivity (Wildman–Crippen MR) is 76.4 cm³/mol. The van der Waals surface area contributed by atoms with E-state index in [1.807, 2.05) is 0 Å². The van der Waals surface area contributed by atoms with Crippen LogP contribution in [0.15, 0.2) is 24.3 Å². The summed E-state index contributed by atoms with van der Waals surface area (Å²) in [4.78, 5) is 12.6. The first kappa shape index (κ1) is 14.9. The van der Waals surface area contributed by atoms with Gasteiger partial charge in [0.1, 0.15) is 5.82 Å². The Bertz CT molecular complexity index is 614. The highest BCUT2D eigenvalue weighted by molar-refractivity contribution is 7.20. The van der Waals surface area contributed by atoms with Crippen molar-refractivity contribution in [3.8, 4) is 0 Å². The molecule has 0 spiro atoms. The number of fused-ring (bicyclic) bond motifs is 1. The third-order valence-electron chi connectivity index (χ3n) is 3.36. The number of halogens is 1. The molecule has 1 amide bonds. The van der Waals surface area contributed by atoms with Crippen LogP contribution in [0.25, 0.3) is 10.1 Å². The molecule has 0 bridgehead atoms. The van der Waals surface area contributed by atoms with Crippen LogP contribution in [-0.2, 0) is 0 Å². The molecule has 0 radical (unpaired) electrons. The van der Waals surface area contributed by atoms with Crippen LogP contribution in [0.3, 0.4) is 0 Å². The molecule has 0 aliphatic heterocycles. The second kappa shape index (κ2) is 5.87. The molecule has 20 heavy (non-hydrogen) atoms. The Kier molecular flexibility index (Phi) is 4.37. The summed E-state index contributed by atoms with van der Waals surface area (Å²) in [5.41, 5.74) is -1.03. The van der Waals surface area contributed by atoms with E-state index in [9.17, 15) is 19.4 Å². The van der Waals surface area contributed by atoms with Gasteiger partial charge in [0.15, 0.2) is 0 Å². The van der Waals surface area contributed by atoms with E-state index in [2.05, 4.69) is 5.32 Å². The molecule has 1 heterocycles. The van der Waals surface area contributed by atoms with Crippen molar-refractivity contribution in [1.82, 2.24) is 5.32 Å². The van der Waals surface area contributed by atoms with Crippen LogP contribution in [0.4, 0.5) is 4.39 Å². The van der Waals surface area contributed by atoms with Crippen LogP contribution in [0.1, 0.15) is 23.0 Å². The van der Waals surface area contributed by atoms with Gasteiger partial charge in [-0.1, -0.05) is 6.92 Å². The van der Waals surface area contributed by atoms with Crippen LogP contribution >= 0.6 is 11.3 Å². The molecule has 4 nitrogen and oxygen atoms in total. The van der Waals surface area contributed by atoms with Crippen molar-refractivity contribution in [2.45, 2.75) is 18.9 Å². The second-order valence-corrected chi connectivity index (χ2v) is 5.78. The summed E-state index contributed by atoms with van der Waals surface area (Å²) in [6.07, 6.45) is 0.408. The number of hydrogen-bond acceptors (Lipinski definition) is 4. The van der Waals surface area contributed by atoms with Gasteiger partial charge in [-0.2, -0.15) is 0 Å². The van der Waals surface area contributed by atoms with E-state index in [4.69, 9.17) is 0 Å². The summed E-state index contributed by atoms with van der Waals surface area (Å²) in [7, 11) is 0. The van der Waals surface area contributed by atoms with Gasteiger partial charge < -0.3 is 15.5 Å².